The number of imidazole rings is 1. The number of aromatic nitrogens is 2. The van der Waals surface area contributed by atoms with Gasteiger partial charge in [-0.3, -0.25) is 14.5 Å². The molecule has 2 aliphatic heterocycles. The number of thioether (sulfide) groups is 1. The molecular formula is C20H25N5O2S. The van der Waals surface area contributed by atoms with E-state index in [-0.39, 0.29) is 17.2 Å². The van der Waals surface area contributed by atoms with E-state index >= 15 is 0 Å². The Morgan fingerprint density at radius 3 is 2.79 bits per heavy atom. The monoisotopic (exact) mass is 399 g/mol. The van der Waals surface area contributed by atoms with E-state index in [4.69, 9.17) is 0 Å². The molecule has 4 rings (SSSR count). The maximum Gasteiger partial charge on any atom is 0.279 e. The summed E-state index contributed by atoms with van der Waals surface area (Å²) in [6, 6.07) is 10.0. The fraction of sp³-hybridized carbons (Fsp3) is 0.450. The van der Waals surface area contributed by atoms with E-state index in [1.54, 1.807) is 0 Å². The normalized spacial score (nSPS) is 20.8. The van der Waals surface area contributed by atoms with E-state index in [2.05, 4.69) is 44.0 Å². The highest BCUT2D eigenvalue weighted by atomic mass is 32.2. The lowest BCUT2D eigenvalue weighted by atomic mass is 10.2. The SMILES string of the molecule is O=C1NC(C(=O)N2CCCN(Cc3nccn3Cc3ccccc3)CC2)CS1. The van der Waals surface area contributed by atoms with Crippen molar-refractivity contribution in [1.29, 1.82) is 0 Å². The highest BCUT2D eigenvalue weighted by molar-refractivity contribution is 8.14. The van der Waals surface area contributed by atoms with Crippen molar-refractivity contribution in [2.24, 2.45) is 0 Å². The highest BCUT2D eigenvalue weighted by Crippen LogP contribution is 2.16. The van der Waals surface area contributed by atoms with Gasteiger partial charge in [-0.15, -0.1) is 0 Å². The van der Waals surface area contributed by atoms with Crippen LogP contribution in [0.2, 0.25) is 0 Å². The molecule has 2 fully saturated rings. The summed E-state index contributed by atoms with van der Waals surface area (Å²) >= 11 is 1.19. The third-order valence-electron chi connectivity index (χ3n) is 5.23. The molecule has 2 amide bonds. The zero-order chi connectivity index (χ0) is 19.3. The van der Waals surface area contributed by atoms with Crippen LogP contribution in [0.25, 0.3) is 0 Å². The summed E-state index contributed by atoms with van der Waals surface area (Å²) < 4.78 is 2.19. The van der Waals surface area contributed by atoms with Crippen molar-refractivity contribution in [1.82, 2.24) is 24.7 Å². The first-order valence-electron chi connectivity index (χ1n) is 9.67. The number of amides is 2. The highest BCUT2D eigenvalue weighted by Gasteiger charge is 2.32. The molecule has 1 unspecified atom stereocenters. The van der Waals surface area contributed by atoms with Gasteiger partial charge in [0.25, 0.3) is 5.24 Å². The molecule has 0 bridgehead atoms. The maximum atomic E-state index is 12.6. The van der Waals surface area contributed by atoms with Gasteiger partial charge in [-0.2, -0.15) is 0 Å². The quantitative estimate of drug-likeness (QED) is 0.830. The summed E-state index contributed by atoms with van der Waals surface area (Å²) in [5.74, 6) is 1.63. The average molecular weight is 400 g/mol. The van der Waals surface area contributed by atoms with E-state index in [1.807, 2.05) is 23.4 Å². The van der Waals surface area contributed by atoms with E-state index < -0.39 is 0 Å². The van der Waals surface area contributed by atoms with Crippen molar-refractivity contribution < 1.29 is 9.59 Å². The first-order valence-corrected chi connectivity index (χ1v) is 10.7. The van der Waals surface area contributed by atoms with Crippen LogP contribution in [0, 0.1) is 0 Å². The van der Waals surface area contributed by atoms with Crippen LogP contribution in [-0.4, -0.2) is 68.5 Å². The second kappa shape index (κ2) is 8.79. The van der Waals surface area contributed by atoms with Crippen LogP contribution in [0.15, 0.2) is 42.7 Å². The van der Waals surface area contributed by atoms with Gasteiger partial charge in [-0.1, -0.05) is 42.1 Å². The molecule has 1 aromatic heterocycles. The zero-order valence-corrected chi connectivity index (χ0v) is 16.6. The van der Waals surface area contributed by atoms with Crippen molar-refractivity contribution in [2.75, 3.05) is 31.9 Å². The first-order chi connectivity index (χ1) is 13.7. The summed E-state index contributed by atoms with van der Waals surface area (Å²) in [6.07, 6.45) is 4.81. The molecule has 1 N–H and O–H groups in total. The van der Waals surface area contributed by atoms with Crippen LogP contribution in [0.5, 0.6) is 0 Å². The minimum atomic E-state index is -0.367. The van der Waals surface area contributed by atoms with Crippen LogP contribution in [0.4, 0.5) is 4.79 Å². The van der Waals surface area contributed by atoms with Crippen LogP contribution in [0.1, 0.15) is 17.8 Å². The van der Waals surface area contributed by atoms with Gasteiger partial charge < -0.3 is 14.8 Å². The summed E-state index contributed by atoms with van der Waals surface area (Å²) in [6.45, 7) is 4.77. The molecule has 1 aromatic carbocycles. The minimum absolute atomic E-state index is 0.0470. The van der Waals surface area contributed by atoms with Gasteiger partial charge in [0.1, 0.15) is 11.9 Å². The van der Waals surface area contributed by atoms with Gasteiger partial charge in [-0.25, -0.2) is 4.98 Å². The second-order valence-corrected chi connectivity index (χ2v) is 8.20. The number of rotatable bonds is 5. The molecule has 7 nitrogen and oxygen atoms in total. The predicted molar refractivity (Wildman–Crippen MR) is 109 cm³/mol. The Labute approximate surface area is 169 Å². The number of hydrogen-bond donors (Lipinski definition) is 1. The topological polar surface area (TPSA) is 70.5 Å². The molecule has 2 saturated heterocycles. The van der Waals surface area contributed by atoms with Crippen molar-refractivity contribution >= 4 is 22.9 Å². The Balaban J connectivity index is 1.34. The molecule has 0 aliphatic carbocycles. The number of nitrogens with zero attached hydrogens (tertiary/aromatic N) is 4. The largest absolute Gasteiger partial charge is 0.340 e. The van der Waals surface area contributed by atoms with E-state index in [9.17, 15) is 9.59 Å². The second-order valence-electron chi connectivity index (χ2n) is 7.21. The van der Waals surface area contributed by atoms with E-state index in [0.717, 1.165) is 45.0 Å². The Morgan fingerprint density at radius 1 is 1.14 bits per heavy atom. The Bertz CT molecular complexity index is 825. The van der Waals surface area contributed by atoms with Gasteiger partial charge in [0, 0.05) is 50.9 Å². The van der Waals surface area contributed by atoms with Crippen LogP contribution >= 0.6 is 11.8 Å². The van der Waals surface area contributed by atoms with Crippen LogP contribution in [0.3, 0.4) is 0 Å². The Hall–Kier alpha value is -2.32. The number of benzene rings is 1. The summed E-state index contributed by atoms with van der Waals surface area (Å²) in [5.41, 5.74) is 1.26. The fourth-order valence-electron chi connectivity index (χ4n) is 3.70. The molecule has 0 radical (unpaired) electrons. The molecule has 148 valence electrons. The minimum Gasteiger partial charge on any atom is -0.340 e. The van der Waals surface area contributed by atoms with Crippen molar-refractivity contribution in [3.63, 3.8) is 0 Å². The Morgan fingerprint density at radius 2 is 2.00 bits per heavy atom. The predicted octanol–water partition coefficient (Wildman–Crippen LogP) is 1.79. The number of hydrogen-bond acceptors (Lipinski definition) is 5. The number of carbonyl (C=O) groups is 2. The van der Waals surface area contributed by atoms with E-state index in [1.165, 1.54) is 17.3 Å². The molecule has 8 heteroatoms. The van der Waals surface area contributed by atoms with Crippen LogP contribution < -0.4 is 5.32 Å². The van der Waals surface area contributed by atoms with E-state index in [0.29, 0.717) is 12.3 Å². The van der Waals surface area contributed by atoms with Gasteiger partial charge in [0.2, 0.25) is 5.91 Å². The van der Waals surface area contributed by atoms with Crippen molar-refractivity contribution in [3.05, 3.63) is 54.1 Å². The molecule has 3 heterocycles. The third kappa shape index (κ3) is 4.56. The molecule has 2 aliphatic rings. The lowest BCUT2D eigenvalue weighted by Gasteiger charge is -2.24. The smallest absolute Gasteiger partial charge is 0.279 e. The zero-order valence-electron chi connectivity index (χ0n) is 15.8. The van der Waals surface area contributed by atoms with Gasteiger partial charge in [0.05, 0.1) is 6.54 Å². The molecule has 1 atom stereocenters. The summed E-state index contributed by atoms with van der Waals surface area (Å²) in [5, 5.41) is 2.66. The summed E-state index contributed by atoms with van der Waals surface area (Å²) in [7, 11) is 0. The van der Waals surface area contributed by atoms with Crippen molar-refractivity contribution in [2.45, 2.75) is 25.6 Å². The van der Waals surface area contributed by atoms with Gasteiger partial charge >= 0.3 is 0 Å². The molecule has 2 aromatic rings. The first kappa shape index (κ1) is 19.0. The third-order valence-corrected chi connectivity index (χ3v) is 6.11. The lowest BCUT2D eigenvalue weighted by Crippen LogP contribution is -2.46. The molecule has 0 spiro atoms. The van der Waals surface area contributed by atoms with Gasteiger partial charge in [0.15, 0.2) is 0 Å². The van der Waals surface area contributed by atoms with Crippen LogP contribution in [-0.2, 0) is 17.9 Å². The summed E-state index contributed by atoms with van der Waals surface area (Å²) in [4.78, 5) is 32.8. The number of nitrogens with one attached hydrogen (secondary N) is 1. The maximum absolute atomic E-state index is 12.6. The molecule has 0 saturated carbocycles. The molecule has 28 heavy (non-hydrogen) atoms. The lowest BCUT2D eigenvalue weighted by molar-refractivity contribution is -0.132. The Kier molecular flexibility index (Phi) is 5.97. The standard InChI is InChI=1S/C20H25N5O2S/c26-19(17-15-28-20(27)22-17)24-9-4-8-23(11-12-24)14-18-21-7-10-25(18)13-16-5-2-1-3-6-16/h1-3,5-7,10,17H,4,8-9,11-15H2,(H,22,27). The average Bonchev–Trinajstić information content (AvgIpc) is 3.26. The van der Waals surface area contributed by atoms with Crippen molar-refractivity contribution in [3.8, 4) is 0 Å². The number of carbonyl (C=O) groups excluding carboxylic acids is 2. The molecular weight excluding hydrogens is 374 g/mol. The fourth-order valence-corrected chi connectivity index (χ4v) is 4.47. The van der Waals surface area contributed by atoms with Gasteiger partial charge in [-0.05, 0) is 12.0 Å².